The molecule has 0 spiro atoms. The molecule has 0 saturated carbocycles. The molecule has 1 aliphatic rings. The van der Waals surface area contributed by atoms with E-state index in [0.29, 0.717) is 5.56 Å². The maximum absolute atomic E-state index is 12.4. The van der Waals surface area contributed by atoms with Gasteiger partial charge in [-0.1, -0.05) is 29.8 Å². The van der Waals surface area contributed by atoms with Crippen molar-refractivity contribution in [3.05, 3.63) is 59.7 Å². The largest absolute Gasteiger partial charge is 0.459 e. The van der Waals surface area contributed by atoms with Gasteiger partial charge in [-0.25, -0.2) is 4.79 Å². The van der Waals surface area contributed by atoms with Gasteiger partial charge in [-0.2, -0.15) is 0 Å². The summed E-state index contributed by atoms with van der Waals surface area (Å²) in [6, 6.07) is 14.8. The van der Waals surface area contributed by atoms with Gasteiger partial charge < -0.3 is 14.8 Å². The number of amides is 1. The first kappa shape index (κ1) is 19.5. The minimum Gasteiger partial charge on any atom is -0.459 e. The Hall–Kier alpha value is -2.31. The smallest absolute Gasteiger partial charge is 0.339 e. The number of benzene rings is 2. The fourth-order valence-electron chi connectivity index (χ4n) is 2.76. The number of esters is 1. The van der Waals surface area contributed by atoms with E-state index >= 15 is 0 Å². The van der Waals surface area contributed by atoms with Crippen LogP contribution in [-0.2, 0) is 14.3 Å². The van der Waals surface area contributed by atoms with Crippen LogP contribution in [0.2, 0.25) is 0 Å². The average molecular weight is 385 g/mol. The highest BCUT2D eigenvalue weighted by Gasteiger charge is 2.19. The van der Waals surface area contributed by atoms with E-state index < -0.39 is 0 Å². The van der Waals surface area contributed by atoms with Crippen LogP contribution in [-0.4, -0.2) is 36.9 Å². The number of nitrogens with one attached hydrogen (secondary N) is 1. The molecule has 1 atom stereocenters. The third kappa shape index (κ3) is 5.84. The Balaban J connectivity index is 1.54. The van der Waals surface area contributed by atoms with E-state index in [1.807, 2.05) is 43.3 Å². The summed E-state index contributed by atoms with van der Waals surface area (Å²) in [5.74, 6) is -0.289. The molecule has 0 radical (unpaired) electrons. The number of anilines is 1. The van der Waals surface area contributed by atoms with Gasteiger partial charge in [0.15, 0.2) is 0 Å². The first-order chi connectivity index (χ1) is 13.1. The van der Waals surface area contributed by atoms with Gasteiger partial charge >= 0.3 is 5.97 Å². The summed E-state index contributed by atoms with van der Waals surface area (Å²) < 4.78 is 10.9. The van der Waals surface area contributed by atoms with Crippen molar-refractivity contribution in [2.45, 2.75) is 30.8 Å². The number of aryl methyl sites for hydroxylation is 1. The van der Waals surface area contributed by atoms with Crippen LogP contribution >= 0.6 is 11.8 Å². The Morgan fingerprint density at radius 3 is 2.70 bits per heavy atom. The molecule has 1 unspecified atom stereocenters. The second kappa shape index (κ2) is 9.58. The fourth-order valence-corrected chi connectivity index (χ4v) is 3.60. The Morgan fingerprint density at radius 1 is 1.19 bits per heavy atom. The predicted molar refractivity (Wildman–Crippen MR) is 106 cm³/mol. The first-order valence-corrected chi connectivity index (χ1v) is 9.97. The molecule has 2 aromatic rings. The summed E-state index contributed by atoms with van der Waals surface area (Å²) in [5.41, 5.74) is 2.37. The number of hydrogen-bond acceptors (Lipinski definition) is 5. The molecule has 1 N–H and O–H groups in total. The molecule has 1 fully saturated rings. The topological polar surface area (TPSA) is 64.6 Å². The van der Waals surface area contributed by atoms with Crippen molar-refractivity contribution in [2.24, 2.45) is 0 Å². The molecule has 0 aliphatic carbocycles. The van der Waals surface area contributed by atoms with Gasteiger partial charge in [0.25, 0.3) is 0 Å². The molecule has 3 rings (SSSR count). The Labute approximate surface area is 163 Å². The third-order valence-corrected chi connectivity index (χ3v) is 5.30. The summed E-state index contributed by atoms with van der Waals surface area (Å²) in [7, 11) is 0. The molecule has 1 heterocycles. The minimum atomic E-state index is -0.382. The lowest BCUT2D eigenvalue weighted by atomic mass is 10.2. The second-order valence-corrected chi connectivity index (χ2v) is 7.45. The van der Waals surface area contributed by atoms with Crippen molar-refractivity contribution < 1.29 is 19.1 Å². The number of ether oxygens (including phenoxy) is 2. The monoisotopic (exact) mass is 385 g/mol. The molecule has 142 valence electrons. The van der Waals surface area contributed by atoms with Crippen LogP contribution in [0.3, 0.4) is 0 Å². The average Bonchev–Trinajstić information content (AvgIpc) is 3.20. The van der Waals surface area contributed by atoms with E-state index in [1.165, 1.54) is 11.8 Å². The van der Waals surface area contributed by atoms with Crippen molar-refractivity contribution in [1.29, 1.82) is 0 Å². The van der Waals surface area contributed by atoms with Crippen molar-refractivity contribution in [3.8, 4) is 0 Å². The second-order valence-electron chi connectivity index (χ2n) is 6.43. The highest BCUT2D eigenvalue weighted by Crippen LogP contribution is 2.24. The number of hydrogen-bond donors (Lipinski definition) is 1. The van der Waals surface area contributed by atoms with E-state index in [-0.39, 0.29) is 30.3 Å². The fraction of sp³-hybridized carbons (Fsp3) is 0.333. The van der Waals surface area contributed by atoms with Crippen LogP contribution in [0.1, 0.15) is 28.8 Å². The predicted octanol–water partition coefficient (Wildman–Crippen LogP) is 4.06. The lowest BCUT2D eigenvalue weighted by molar-refractivity contribution is -0.113. The van der Waals surface area contributed by atoms with Crippen LogP contribution in [0.15, 0.2) is 53.4 Å². The maximum atomic E-state index is 12.4. The van der Waals surface area contributed by atoms with Crippen LogP contribution < -0.4 is 5.32 Å². The molecule has 6 heteroatoms. The lowest BCUT2D eigenvalue weighted by Crippen LogP contribution is -2.18. The Kier molecular flexibility index (Phi) is 6.90. The maximum Gasteiger partial charge on any atom is 0.339 e. The highest BCUT2D eigenvalue weighted by molar-refractivity contribution is 8.00. The summed E-state index contributed by atoms with van der Waals surface area (Å²) in [5, 5.41) is 2.86. The van der Waals surface area contributed by atoms with Gasteiger partial charge in [0.1, 0.15) is 6.61 Å². The van der Waals surface area contributed by atoms with Crippen molar-refractivity contribution in [2.75, 3.05) is 24.3 Å². The molecule has 1 aliphatic heterocycles. The van der Waals surface area contributed by atoms with E-state index in [2.05, 4.69) is 5.32 Å². The van der Waals surface area contributed by atoms with Gasteiger partial charge in [0, 0.05) is 17.2 Å². The van der Waals surface area contributed by atoms with Gasteiger partial charge in [0.05, 0.1) is 17.4 Å². The normalized spacial score (nSPS) is 16.1. The lowest BCUT2D eigenvalue weighted by Gasteiger charge is -2.12. The first-order valence-electron chi connectivity index (χ1n) is 8.99. The number of thioether (sulfide) groups is 1. The summed E-state index contributed by atoms with van der Waals surface area (Å²) >= 11 is 1.32. The van der Waals surface area contributed by atoms with Crippen molar-refractivity contribution in [1.82, 2.24) is 0 Å². The molecule has 5 nitrogen and oxygen atoms in total. The van der Waals surface area contributed by atoms with Crippen molar-refractivity contribution in [3.63, 3.8) is 0 Å². The van der Waals surface area contributed by atoms with E-state index in [1.54, 1.807) is 12.1 Å². The SMILES string of the molecule is Cc1ccc(NC(=O)CSc2ccccc2C(=O)OCC2CCCO2)cc1. The quantitative estimate of drug-likeness (QED) is 0.575. The van der Waals surface area contributed by atoms with Crippen LogP contribution in [0.5, 0.6) is 0 Å². The number of carbonyl (C=O) groups excluding carboxylic acids is 2. The van der Waals surface area contributed by atoms with Gasteiger partial charge in [-0.05, 0) is 44.0 Å². The van der Waals surface area contributed by atoms with Crippen LogP contribution in [0.25, 0.3) is 0 Å². The summed E-state index contributed by atoms with van der Waals surface area (Å²) in [6.07, 6.45) is 1.92. The van der Waals surface area contributed by atoms with Crippen LogP contribution in [0, 0.1) is 6.92 Å². The molecular weight excluding hydrogens is 362 g/mol. The molecule has 1 amide bonds. The van der Waals surface area contributed by atoms with Gasteiger partial charge in [-0.15, -0.1) is 11.8 Å². The number of rotatable bonds is 7. The van der Waals surface area contributed by atoms with Crippen molar-refractivity contribution >= 4 is 29.3 Å². The molecule has 27 heavy (non-hydrogen) atoms. The number of carbonyl (C=O) groups is 2. The Bertz CT molecular complexity index is 785. The standard InChI is InChI=1S/C21H23NO4S/c1-15-8-10-16(11-9-15)22-20(23)14-27-19-7-3-2-6-18(19)21(24)26-13-17-5-4-12-25-17/h2-3,6-11,17H,4-5,12-14H2,1H3,(H,22,23). The highest BCUT2D eigenvalue weighted by atomic mass is 32.2. The summed E-state index contributed by atoms with van der Waals surface area (Å²) in [4.78, 5) is 25.3. The molecule has 2 aromatic carbocycles. The molecule has 0 bridgehead atoms. The Morgan fingerprint density at radius 2 is 1.96 bits per heavy atom. The van der Waals surface area contributed by atoms with E-state index in [0.717, 1.165) is 35.6 Å². The van der Waals surface area contributed by atoms with Gasteiger partial charge in [0.2, 0.25) is 5.91 Å². The third-order valence-electron chi connectivity index (χ3n) is 4.23. The van der Waals surface area contributed by atoms with E-state index in [9.17, 15) is 9.59 Å². The molecule has 1 saturated heterocycles. The molecular formula is C21H23NO4S. The summed E-state index contributed by atoms with van der Waals surface area (Å²) in [6.45, 7) is 2.99. The zero-order valence-electron chi connectivity index (χ0n) is 15.3. The van der Waals surface area contributed by atoms with Crippen LogP contribution in [0.4, 0.5) is 5.69 Å². The molecule has 0 aromatic heterocycles. The van der Waals surface area contributed by atoms with E-state index in [4.69, 9.17) is 9.47 Å². The van der Waals surface area contributed by atoms with Gasteiger partial charge in [-0.3, -0.25) is 4.79 Å². The zero-order valence-corrected chi connectivity index (χ0v) is 16.1. The zero-order chi connectivity index (χ0) is 19.1. The minimum absolute atomic E-state index is 0.00551.